The van der Waals surface area contributed by atoms with Gasteiger partial charge in [0.05, 0.1) is 33.7 Å². The highest BCUT2D eigenvalue weighted by atomic mass is 16.6. The number of ether oxygens (including phenoxy) is 1. The van der Waals surface area contributed by atoms with Gasteiger partial charge in [-0.3, -0.25) is 24.6 Å². The molecule has 31 heavy (non-hydrogen) atoms. The fraction of sp³-hybridized carbons (Fsp3) is 0.0870. The number of nitrogens with zero attached hydrogens (tertiary/aromatic N) is 2. The molecule has 0 saturated carbocycles. The van der Waals surface area contributed by atoms with Gasteiger partial charge in [0.2, 0.25) is 0 Å². The maximum atomic E-state index is 12.5. The molecule has 0 bridgehead atoms. The van der Waals surface area contributed by atoms with Crippen LogP contribution in [0.15, 0.2) is 72.8 Å². The van der Waals surface area contributed by atoms with Crippen LogP contribution >= 0.6 is 0 Å². The smallest absolute Gasteiger partial charge is 0.338 e. The highest BCUT2D eigenvalue weighted by Crippen LogP contribution is 2.24. The van der Waals surface area contributed by atoms with Gasteiger partial charge in [-0.15, -0.1) is 0 Å². The maximum Gasteiger partial charge on any atom is 0.338 e. The van der Waals surface area contributed by atoms with Crippen molar-refractivity contribution in [3.8, 4) is 0 Å². The topological polar surface area (TPSA) is 107 Å². The van der Waals surface area contributed by atoms with Gasteiger partial charge in [0.15, 0.2) is 0 Å². The Balaban J connectivity index is 1.41. The van der Waals surface area contributed by atoms with E-state index < -0.39 is 10.9 Å². The molecule has 0 aromatic heterocycles. The van der Waals surface area contributed by atoms with Crippen LogP contribution in [0.4, 0.5) is 5.69 Å². The Bertz CT molecular complexity index is 1170. The highest BCUT2D eigenvalue weighted by molar-refractivity contribution is 6.21. The molecule has 1 aliphatic rings. The molecule has 8 nitrogen and oxygen atoms in total. The van der Waals surface area contributed by atoms with Gasteiger partial charge in [-0.1, -0.05) is 36.4 Å². The van der Waals surface area contributed by atoms with Crippen molar-refractivity contribution in [3.05, 3.63) is 111 Å². The Hall–Kier alpha value is -4.33. The van der Waals surface area contributed by atoms with Gasteiger partial charge in [0.1, 0.15) is 6.61 Å². The molecule has 0 atom stereocenters. The second-order valence-electron chi connectivity index (χ2n) is 6.90. The van der Waals surface area contributed by atoms with E-state index in [0.717, 1.165) is 4.90 Å². The Kier molecular flexibility index (Phi) is 5.28. The van der Waals surface area contributed by atoms with E-state index in [1.54, 1.807) is 42.5 Å². The summed E-state index contributed by atoms with van der Waals surface area (Å²) in [7, 11) is 0. The molecule has 1 aliphatic heterocycles. The fourth-order valence-electron chi connectivity index (χ4n) is 3.35. The van der Waals surface area contributed by atoms with E-state index in [1.807, 2.05) is 0 Å². The summed E-state index contributed by atoms with van der Waals surface area (Å²) < 4.78 is 5.19. The highest BCUT2D eigenvalue weighted by Gasteiger charge is 2.34. The first kappa shape index (κ1) is 20.0. The molecule has 0 radical (unpaired) electrons. The number of para-hydroxylation sites is 1. The Morgan fingerprint density at radius 1 is 0.871 bits per heavy atom. The van der Waals surface area contributed by atoms with E-state index in [1.165, 1.54) is 30.3 Å². The monoisotopic (exact) mass is 416 g/mol. The van der Waals surface area contributed by atoms with E-state index in [9.17, 15) is 24.5 Å². The van der Waals surface area contributed by atoms with E-state index in [4.69, 9.17) is 4.74 Å². The van der Waals surface area contributed by atoms with Gasteiger partial charge in [0.25, 0.3) is 17.5 Å². The van der Waals surface area contributed by atoms with Crippen molar-refractivity contribution >= 4 is 23.5 Å². The molecule has 0 unspecified atom stereocenters. The number of imide groups is 1. The van der Waals surface area contributed by atoms with Crippen LogP contribution in [-0.2, 0) is 17.9 Å². The molecule has 0 saturated heterocycles. The van der Waals surface area contributed by atoms with E-state index >= 15 is 0 Å². The lowest BCUT2D eigenvalue weighted by molar-refractivity contribution is -0.385. The number of rotatable bonds is 6. The van der Waals surface area contributed by atoms with Gasteiger partial charge >= 0.3 is 5.97 Å². The molecule has 3 aromatic rings. The second kappa shape index (κ2) is 8.19. The molecular formula is C23H16N2O6. The summed E-state index contributed by atoms with van der Waals surface area (Å²) in [6, 6.07) is 19.0. The minimum Gasteiger partial charge on any atom is -0.457 e. The average Bonchev–Trinajstić information content (AvgIpc) is 3.03. The van der Waals surface area contributed by atoms with Crippen molar-refractivity contribution < 1.29 is 24.0 Å². The van der Waals surface area contributed by atoms with Gasteiger partial charge in [-0.2, -0.15) is 0 Å². The third kappa shape index (κ3) is 3.91. The largest absolute Gasteiger partial charge is 0.457 e. The zero-order valence-electron chi connectivity index (χ0n) is 16.2. The number of amides is 2. The lowest BCUT2D eigenvalue weighted by Gasteiger charge is -2.14. The van der Waals surface area contributed by atoms with Crippen molar-refractivity contribution in [3.63, 3.8) is 0 Å². The Morgan fingerprint density at radius 2 is 1.45 bits per heavy atom. The number of hydrogen-bond acceptors (Lipinski definition) is 6. The molecule has 0 spiro atoms. The van der Waals surface area contributed by atoms with E-state index in [0.29, 0.717) is 22.3 Å². The summed E-state index contributed by atoms with van der Waals surface area (Å²) >= 11 is 0. The van der Waals surface area contributed by atoms with Crippen LogP contribution in [0, 0.1) is 10.1 Å². The normalized spacial score (nSPS) is 12.6. The number of fused-ring (bicyclic) bond motifs is 1. The number of hydrogen-bond donors (Lipinski definition) is 0. The van der Waals surface area contributed by atoms with Crippen molar-refractivity contribution in [1.82, 2.24) is 4.90 Å². The van der Waals surface area contributed by atoms with Crippen molar-refractivity contribution in [2.75, 3.05) is 0 Å². The first-order valence-electron chi connectivity index (χ1n) is 9.39. The summed E-state index contributed by atoms with van der Waals surface area (Å²) in [5.41, 5.74) is 1.86. The molecule has 154 valence electrons. The number of carbonyl (C=O) groups is 3. The lowest BCUT2D eigenvalue weighted by atomic mass is 10.1. The molecule has 0 fully saturated rings. The first-order valence-corrected chi connectivity index (χ1v) is 9.39. The zero-order chi connectivity index (χ0) is 22.0. The van der Waals surface area contributed by atoms with Gasteiger partial charge in [0, 0.05) is 6.07 Å². The predicted molar refractivity (Wildman–Crippen MR) is 109 cm³/mol. The Labute approximate surface area is 176 Å². The summed E-state index contributed by atoms with van der Waals surface area (Å²) in [5.74, 6) is -1.34. The summed E-state index contributed by atoms with van der Waals surface area (Å²) in [5, 5.41) is 11.0. The first-order chi connectivity index (χ1) is 15.0. The van der Waals surface area contributed by atoms with Crippen LogP contribution in [0.25, 0.3) is 0 Å². The van der Waals surface area contributed by atoms with Crippen LogP contribution in [0.2, 0.25) is 0 Å². The SMILES string of the molecule is O=C(OCc1ccccc1[N+](=O)[O-])c1ccc(CN2C(=O)c3ccccc3C2=O)cc1. The molecule has 1 heterocycles. The predicted octanol–water partition coefficient (Wildman–Crippen LogP) is 3.75. The molecular weight excluding hydrogens is 400 g/mol. The second-order valence-corrected chi connectivity index (χ2v) is 6.90. The Morgan fingerprint density at radius 3 is 2.06 bits per heavy atom. The van der Waals surface area contributed by atoms with Crippen LogP contribution < -0.4 is 0 Å². The van der Waals surface area contributed by atoms with Crippen molar-refractivity contribution in [1.29, 1.82) is 0 Å². The maximum absolute atomic E-state index is 12.5. The molecule has 8 heteroatoms. The standard InChI is InChI=1S/C23H16N2O6/c26-21-18-6-2-3-7-19(18)22(27)24(21)13-15-9-11-16(12-10-15)23(28)31-14-17-5-1-4-8-20(17)25(29)30/h1-12H,13-14H2. The number of esters is 1. The molecule has 0 aliphatic carbocycles. The van der Waals surface area contributed by atoms with Crippen LogP contribution in [0.3, 0.4) is 0 Å². The quantitative estimate of drug-likeness (QED) is 0.262. The molecule has 3 aromatic carbocycles. The van der Waals surface area contributed by atoms with Crippen LogP contribution in [0.1, 0.15) is 42.2 Å². The number of carbonyl (C=O) groups excluding carboxylic acids is 3. The van der Waals surface area contributed by atoms with E-state index in [-0.39, 0.29) is 36.2 Å². The third-order valence-electron chi connectivity index (χ3n) is 4.96. The summed E-state index contributed by atoms with van der Waals surface area (Å²) in [4.78, 5) is 48.9. The van der Waals surface area contributed by atoms with Crippen LogP contribution in [0.5, 0.6) is 0 Å². The number of nitro benzene ring substituents is 1. The minimum absolute atomic E-state index is 0.0812. The van der Waals surface area contributed by atoms with E-state index in [2.05, 4.69) is 0 Å². The molecule has 2 amide bonds. The number of benzene rings is 3. The van der Waals surface area contributed by atoms with Gasteiger partial charge < -0.3 is 4.74 Å². The van der Waals surface area contributed by atoms with Crippen LogP contribution in [-0.4, -0.2) is 27.6 Å². The third-order valence-corrected chi connectivity index (χ3v) is 4.96. The molecule has 4 rings (SSSR count). The summed E-state index contributed by atoms with van der Waals surface area (Å²) in [6.45, 7) is -0.148. The molecule has 0 N–H and O–H groups in total. The average molecular weight is 416 g/mol. The van der Waals surface area contributed by atoms with Crippen molar-refractivity contribution in [2.45, 2.75) is 13.2 Å². The lowest BCUT2D eigenvalue weighted by Crippen LogP contribution is -2.29. The summed E-state index contributed by atoms with van der Waals surface area (Å²) in [6.07, 6.45) is 0. The van der Waals surface area contributed by atoms with Crippen molar-refractivity contribution in [2.24, 2.45) is 0 Å². The van der Waals surface area contributed by atoms with Gasteiger partial charge in [-0.25, -0.2) is 4.79 Å². The zero-order valence-corrected chi connectivity index (χ0v) is 16.2. The minimum atomic E-state index is -0.634. The fourth-order valence-corrected chi connectivity index (χ4v) is 3.35. The number of nitro groups is 1. The van der Waals surface area contributed by atoms with Gasteiger partial charge in [-0.05, 0) is 35.9 Å².